The lowest BCUT2D eigenvalue weighted by atomic mass is 9.93. The Labute approximate surface area is 149 Å². The van der Waals surface area contributed by atoms with Crippen LogP contribution in [0, 0.1) is 6.92 Å². The maximum absolute atomic E-state index is 12.1. The monoisotopic (exact) mass is 366 g/mol. The number of nitrogens with zero attached hydrogens (tertiary/aromatic N) is 2. The number of hydrogen-bond donors (Lipinski definition) is 2. The number of H-pyrrole nitrogens is 1. The summed E-state index contributed by atoms with van der Waals surface area (Å²) in [5, 5.41) is 5.79. The molecular weight excluding hydrogens is 344 g/mol. The van der Waals surface area contributed by atoms with Crippen molar-refractivity contribution in [2.75, 3.05) is 11.1 Å². The Morgan fingerprint density at radius 1 is 1.38 bits per heavy atom. The maximum atomic E-state index is 12.1. The number of anilines is 1. The van der Waals surface area contributed by atoms with Gasteiger partial charge in [0.15, 0.2) is 10.3 Å². The quantitative estimate of drug-likeness (QED) is 0.627. The number of rotatable bonds is 5. The summed E-state index contributed by atoms with van der Waals surface area (Å²) in [4.78, 5) is 35.4. The zero-order valence-electron chi connectivity index (χ0n) is 14.5. The van der Waals surface area contributed by atoms with E-state index in [0.29, 0.717) is 22.3 Å². The van der Waals surface area contributed by atoms with Gasteiger partial charge >= 0.3 is 0 Å². The summed E-state index contributed by atoms with van der Waals surface area (Å²) in [6, 6.07) is 0. The largest absolute Gasteiger partial charge is 0.301 e. The standard InChI is InChI=1S/C16H22N4O2S2/c1-6-10-9(2)13(22)20-14(17-10)24-8-12(21)19-15-18-11(7-23-15)16(3,4)5/h7H,6,8H2,1-5H3,(H,17,20,22)(H,18,19,21). The van der Waals surface area contributed by atoms with Crippen LogP contribution >= 0.6 is 23.1 Å². The number of carbonyl (C=O) groups is 1. The minimum absolute atomic E-state index is 0.0455. The molecule has 6 nitrogen and oxygen atoms in total. The normalized spacial score (nSPS) is 11.5. The van der Waals surface area contributed by atoms with Crippen LogP contribution in [0.1, 0.15) is 44.6 Å². The molecule has 0 spiro atoms. The van der Waals surface area contributed by atoms with Crippen molar-refractivity contribution in [3.05, 3.63) is 32.7 Å². The molecule has 0 bridgehead atoms. The molecule has 130 valence electrons. The molecule has 2 heterocycles. The van der Waals surface area contributed by atoms with Gasteiger partial charge < -0.3 is 10.3 Å². The summed E-state index contributed by atoms with van der Waals surface area (Å²) in [5.74, 6) is -0.00404. The molecule has 0 saturated heterocycles. The lowest BCUT2D eigenvalue weighted by molar-refractivity contribution is -0.113. The molecule has 0 aliphatic carbocycles. The zero-order chi connectivity index (χ0) is 17.9. The number of hydrogen-bond acceptors (Lipinski definition) is 6. The molecule has 2 N–H and O–H groups in total. The fourth-order valence-electron chi connectivity index (χ4n) is 1.93. The number of nitrogens with one attached hydrogen (secondary N) is 2. The van der Waals surface area contributed by atoms with Crippen molar-refractivity contribution in [3.63, 3.8) is 0 Å². The molecule has 0 atom stereocenters. The second-order valence-corrected chi connectivity index (χ2v) is 8.24. The highest BCUT2D eigenvalue weighted by molar-refractivity contribution is 7.99. The Hall–Kier alpha value is -1.67. The number of thiazole rings is 1. The number of thioether (sulfide) groups is 1. The van der Waals surface area contributed by atoms with E-state index in [1.165, 1.54) is 23.1 Å². The van der Waals surface area contributed by atoms with Gasteiger partial charge in [0.1, 0.15) is 0 Å². The lowest BCUT2D eigenvalue weighted by Gasteiger charge is -2.14. The highest BCUT2D eigenvalue weighted by atomic mass is 32.2. The SMILES string of the molecule is CCc1nc(SCC(=O)Nc2nc(C(C)(C)C)cs2)[nH]c(=O)c1C. The van der Waals surface area contributed by atoms with Gasteiger partial charge in [0.2, 0.25) is 5.91 Å². The first kappa shape index (κ1) is 18.7. The van der Waals surface area contributed by atoms with Crippen molar-refractivity contribution in [1.29, 1.82) is 0 Å². The minimum atomic E-state index is -0.170. The predicted octanol–water partition coefficient (Wildman–Crippen LogP) is 3.13. The molecule has 0 aliphatic rings. The Morgan fingerprint density at radius 2 is 2.08 bits per heavy atom. The van der Waals surface area contributed by atoms with Gasteiger partial charge in [-0.15, -0.1) is 11.3 Å². The molecule has 0 fully saturated rings. The molecule has 0 radical (unpaired) electrons. The molecule has 24 heavy (non-hydrogen) atoms. The second kappa shape index (κ2) is 7.48. The molecule has 0 unspecified atom stereocenters. The van der Waals surface area contributed by atoms with Crippen molar-refractivity contribution in [2.45, 2.75) is 51.6 Å². The lowest BCUT2D eigenvalue weighted by Crippen LogP contribution is -2.18. The third-order valence-electron chi connectivity index (χ3n) is 3.42. The van der Waals surface area contributed by atoms with Gasteiger partial charge in [-0.1, -0.05) is 39.5 Å². The smallest absolute Gasteiger partial charge is 0.254 e. The molecule has 0 saturated carbocycles. The molecule has 2 aromatic rings. The summed E-state index contributed by atoms with van der Waals surface area (Å²) >= 11 is 2.62. The van der Waals surface area contributed by atoms with Crippen molar-refractivity contribution in [3.8, 4) is 0 Å². The van der Waals surface area contributed by atoms with Crippen molar-refractivity contribution in [1.82, 2.24) is 15.0 Å². The zero-order valence-corrected chi connectivity index (χ0v) is 16.2. The van der Waals surface area contributed by atoms with E-state index in [0.717, 1.165) is 11.4 Å². The average molecular weight is 367 g/mol. The summed E-state index contributed by atoms with van der Waals surface area (Å²) in [6.45, 7) is 9.93. The van der Waals surface area contributed by atoms with Crippen LogP contribution in [0.2, 0.25) is 0 Å². The van der Waals surface area contributed by atoms with E-state index in [4.69, 9.17) is 0 Å². The Kier molecular flexibility index (Phi) is 5.82. The highest BCUT2D eigenvalue weighted by Crippen LogP contribution is 2.26. The first-order chi connectivity index (χ1) is 11.2. The number of aromatic nitrogens is 3. The number of amides is 1. The molecule has 2 rings (SSSR count). The van der Waals surface area contributed by atoms with Crippen LogP contribution < -0.4 is 10.9 Å². The van der Waals surface area contributed by atoms with Gasteiger partial charge in [0, 0.05) is 16.4 Å². The van der Waals surface area contributed by atoms with Crippen molar-refractivity contribution in [2.24, 2.45) is 0 Å². The van der Waals surface area contributed by atoms with Gasteiger partial charge in [0.05, 0.1) is 17.1 Å². The van der Waals surface area contributed by atoms with Crippen LogP contribution in [0.15, 0.2) is 15.3 Å². The molecule has 0 aromatic carbocycles. The fraction of sp³-hybridized carbons (Fsp3) is 0.500. The van der Waals surface area contributed by atoms with E-state index in [1.807, 2.05) is 12.3 Å². The van der Waals surface area contributed by atoms with Crippen LogP contribution in [0.5, 0.6) is 0 Å². The topological polar surface area (TPSA) is 87.7 Å². The molecule has 0 aliphatic heterocycles. The van der Waals surface area contributed by atoms with E-state index in [-0.39, 0.29) is 22.6 Å². The summed E-state index contributed by atoms with van der Waals surface area (Å²) in [6.07, 6.45) is 0.685. The van der Waals surface area contributed by atoms with Crippen LogP contribution in [-0.2, 0) is 16.6 Å². The van der Waals surface area contributed by atoms with E-state index in [9.17, 15) is 9.59 Å². The van der Waals surface area contributed by atoms with E-state index >= 15 is 0 Å². The average Bonchev–Trinajstić information content (AvgIpc) is 2.97. The molecule has 2 aromatic heterocycles. The van der Waals surface area contributed by atoms with E-state index in [2.05, 4.69) is 41.0 Å². The third kappa shape index (κ3) is 4.67. The van der Waals surface area contributed by atoms with Crippen LogP contribution in [0.4, 0.5) is 5.13 Å². The first-order valence-corrected chi connectivity index (χ1v) is 9.55. The van der Waals surface area contributed by atoms with Gasteiger partial charge in [0.25, 0.3) is 5.56 Å². The first-order valence-electron chi connectivity index (χ1n) is 7.69. The van der Waals surface area contributed by atoms with Crippen molar-refractivity contribution >= 4 is 34.1 Å². The predicted molar refractivity (Wildman–Crippen MR) is 99.1 cm³/mol. The second-order valence-electron chi connectivity index (χ2n) is 6.42. The Balaban J connectivity index is 1.98. The molecule has 1 amide bonds. The summed E-state index contributed by atoms with van der Waals surface area (Å²) in [5.41, 5.74) is 2.14. The van der Waals surface area contributed by atoms with E-state index in [1.54, 1.807) is 6.92 Å². The maximum Gasteiger partial charge on any atom is 0.254 e. The van der Waals surface area contributed by atoms with Crippen LogP contribution in [0.3, 0.4) is 0 Å². The van der Waals surface area contributed by atoms with Gasteiger partial charge in [-0.25, -0.2) is 9.97 Å². The van der Waals surface area contributed by atoms with Gasteiger partial charge in [-0.3, -0.25) is 9.59 Å². The number of aromatic amines is 1. The third-order valence-corrected chi connectivity index (χ3v) is 5.06. The fourth-order valence-corrected chi connectivity index (χ4v) is 3.57. The Bertz CT molecular complexity index is 790. The summed E-state index contributed by atoms with van der Waals surface area (Å²) in [7, 11) is 0. The molecule has 8 heteroatoms. The summed E-state index contributed by atoms with van der Waals surface area (Å²) < 4.78 is 0. The van der Waals surface area contributed by atoms with Crippen molar-refractivity contribution < 1.29 is 4.79 Å². The highest BCUT2D eigenvalue weighted by Gasteiger charge is 2.18. The Morgan fingerprint density at radius 3 is 2.67 bits per heavy atom. The number of aryl methyl sites for hydroxylation is 1. The molecular formula is C16H22N4O2S2. The van der Waals surface area contributed by atoms with Gasteiger partial charge in [-0.05, 0) is 13.3 Å². The van der Waals surface area contributed by atoms with Gasteiger partial charge in [-0.2, -0.15) is 0 Å². The minimum Gasteiger partial charge on any atom is -0.301 e. The van der Waals surface area contributed by atoms with Crippen LogP contribution in [-0.4, -0.2) is 26.6 Å². The van der Waals surface area contributed by atoms with Crippen LogP contribution in [0.25, 0.3) is 0 Å². The van der Waals surface area contributed by atoms with E-state index < -0.39 is 0 Å². The number of carbonyl (C=O) groups excluding carboxylic acids is 1.